The number of nitrogens with two attached hydrogens (primary N) is 1. The third kappa shape index (κ3) is 3.22. The second-order valence-corrected chi connectivity index (χ2v) is 6.23. The Bertz CT molecular complexity index is 1380. The van der Waals surface area contributed by atoms with Gasteiger partial charge < -0.3 is 21.5 Å². The summed E-state index contributed by atoms with van der Waals surface area (Å²) in [5.74, 6) is -2.78. The molecule has 0 spiro atoms. The number of carboxylic acid groups (broad SMARTS) is 1. The SMILES string of the molecule is Nc1c(Nc2cccc(CNC(=O)c3nc(C(=O)O)n4nccc4n3)c2)c(=O)c1=O. The van der Waals surface area contributed by atoms with E-state index in [0.717, 1.165) is 4.52 Å². The molecule has 0 saturated carbocycles. The largest absolute Gasteiger partial charge is 0.475 e. The lowest BCUT2D eigenvalue weighted by Gasteiger charge is -2.11. The Kier molecular flexibility index (Phi) is 4.43. The molecule has 2 aromatic carbocycles. The first-order valence-electron chi connectivity index (χ1n) is 8.53. The average molecular weight is 407 g/mol. The van der Waals surface area contributed by atoms with Gasteiger partial charge in [0.1, 0.15) is 11.4 Å². The Morgan fingerprint density at radius 1 is 1.13 bits per heavy atom. The fourth-order valence-electron chi connectivity index (χ4n) is 2.76. The molecule has 0 unspecified atom stereocenters. The van der Waals surface area contributed by atoms with Gasteiger partial charge in [-0.15, -0.1) is 0 Å². The van der Waals surface area contributed by atoms with Crippen LogP contribution < -0.4 is 27.2 Å². The van der Waals surface area contributed by atoms with Crippen molar-refractivity contribution in [3.63, 3.8) is 0 Å². The van der Waals surface area contributed by atoms with Crippen molar-refractivity contribution in [2.45, 2.75) is 6.54 Å². The Labute approximate surface area is 166 Å². The second-order valence-electron chi connectivity index (χ2n) is 6.23. The predicted molar refractivity (Wildman–Crippen MR) is 104 cm³/mol. The molecule has 4 aromatic rings. The zero-order valence-electron chi connectivity index (χ0n) is 15.1. The highest BCUT2D eigenvalue weighted by molar-refractivity contribution is 5.92. The summed E-state index contributed by atoms with van der Waals surface area (Å²) in [5.41, 5.74) is 5.33. The molecule has 0 fully saturated rings. The van der Waals surface area contributed by atoms with E-state index in [9.17, 15) is 24.3 Å². The molecule has 12 nitrogen and oxygen atoms in total. The van der Waals surface area contributed by atoms with Crippen molar-refractivity contribution in [3.8, 4) is 0 Å². The molecular weight excluding hydrogens is 394 g/mol. The van der Waals surface area contributed by atoms with E-state index in [-0.39, 0.29) is 29.4 Å². The first kappa shape index (κ1) is 18.7. The van der Waals surface area contributed by atoms with E-state index in [2.05, 4.69) is 25.7 Å². The van der Waals surface area contributed by atoms with Crippen molar-refractivity contribution < 1.29 is 14.7 Å². The molecule has 12 heteroatoms. The fourth-order valence-corrected chi connectivity index (χ4v) is 2.76. The van der Waals surface area contributed by atoms with E-state index >= 15 is 0 Å². The number of carbonyl (C=O) groups excluding carboxylic acids is 1. The lowest BCUT2D eigenvalue weighted by molar-refractivity contribution is 0.0679. The van der Waals surface area contributed by atoms with Crippen molar-refractivity contribution in [1.29, 1.82) is 0 Å². The number of hydrogen-bond acceptors (Lipinski definition) is 9. The van der Waals surface area contributed by atoms with E-state index in [0.29, 0.717) is 11.3 Å². The molecule has 0 saturated heterocycles. The van der Waals surface area contributed by atoms with Crippen LogP contribution >= 0.6 is 0 Å². The number of benzene rings is 1. The van der Waals surface area contributed by atoms with Crippen LogP contribution in [0.4, 0.5) is 17.1 Å². The molecular formula is C18H13N7O5. The fraction of sp³-hybridized carbons (Fsp3) is 0.0556. The van der Waals surface area contributed by atoms with Gasteiger partial charge in [0.25, 0.3) is 16.8 Å². The zero-order valence-corrected chi connectivity index (χ0v) is 15.1. The first-order chi connectivity index (χ1) is 14.3. The van der Waals surface area contributed by atoms with Crippen molar-refractivity contribution in [2.24, 2.45) is 0 Å². The quantitative estimate of drug-likeness (QED) is 0.309. The highest BCUT2D eigenvalue weighted by Crippen LogP contribution is 2.19. The molecule has 2 heterocycles. The maximum atomic E-state index is 12.4. The minimum Gasteiger partial charge on any atom is -0.475 e. The molecule has 0 bridgehead atoms. The molecule has 0 atom stereocenters. The lowest BCUT2D eigenvalue weighted by atomic mass is 10.1. The van der Waals surface area contributed by atoms with Gasteiger partial charge in [-0.3, -0.25) is 14.4 Å². The monoisotopic (exact) mass is 407 g/mol. The molecule has 30 heavy (non-hydrogen) atoms. The molecule has 2 aromatic heterocycles. The minimum atomic E-state index is -1.35. The predicted octanol–water partition coefficient (Wildman–Crippen LogP) is -0.326. The summed E-state index contributed by atoms with van der Waals surface area (Å²) in [6.07, 6.45) is 1.35. The average Bonchev–Trinajstić information content (AvgIpc) is 3.23. The van der Waals surface area contributed by atoms with E-state index in [1.54, 1.807) is 24.3 Å². The maximum Gasteiger partial charge on any atom is 0.374 e. The molecule has 4 rings (SSSR count). The maximum absolute atomic E-state index is 12.4. The van der Waals surface area contributed by atoms with Gasteiger partial charge >= 0.3 is 5.97 Å². The Morgan fingerprint density at radius 3 is 2.67 bits per heavy atom. The van der Waals surface area contributed by atoms with Crippen LogP contribution in [0.25, 0.3) is 5.65 Å². The highest BCUT2D eigenvalue weighted by Gasteiger charge is 2.19. The summed E-state index contributed by atoms with van der Waals surface area (Å²) >= 11 is 0. The van der Waals surface area contributed by atoms with Crippen LogP contribution in [0, 0.1) is 0 Å². The van der Waals surface area contributed by atoms with Crippen LogP contribution in [0.15, 0.2) is 46.1 Å². The Morgan fingerprint density at radius 2 is 1.93 bits per heavy atom. The minimum absolute atomic E-state index is 0.0323. The van der Waals surface area contributed by atoms with E-state index < -0.39 is 28.6 Å². The van der Waals surface area contributed by atoms with Crippen LogP contribution in [0.1, 0.15) is 26.8 Å². The number of carbonyl (C=O) groups is 2. The normalized spacial score (nSPS) is 10.9. The number of hydrogen-bond donors (Lipinski definition) is 4. The van der Waals surface area contributed by atoms with Crippen molar-refractivity contribution in [3.05, 3.63) is 74.2 Å². The number of nitrogens with one attached hydrogen (secondary N) is 2. The lowest BCUT2D eigenvalue weighted by Crippen LogP contribution is -2.36. The number of fused-ring (bicyclic) bond motifs is 1. The van der Waals surface area contributed by atoms with Gasteiger partial charge in [-0.2, -0.15) is 14.6 Å². The number of aromatic carboxylic acids is 1. The van der Waals surface area contributed by atoms with E-state index in [4.69, 9.17) is 5.73 Å². The molecule has 5 N–H and O–H groups in total. The number of rotatable bonds is 6. The third-order valence-corrected chi connectivity index (χ3v) is 4.25. The summed E-state index contributed by atoms with van der Waals surface area (Å²) < 4.78 is 1.02. The summed E-state index contributed by atoms with van der Waals surface area (Å²) in [4.78, 5) is 54.2. The van der Waals surface area contributed by atoms with Crippen molar-refractivity contribution >= 4 is 34.6 Å². The van der Waals surface area contributed by atoms with Crippen LogP contribution in [-0.2, 0) is 6.54 Å². The number of amides is 1. The summed E-state index contributed by atoms with van der Waals surface area (Å²) in [6, 6.07) is 8.17. The zero-order chi connectivity index (χ0) is 21.4. The summed E-state index contributed by atoms with van der Waals surface area (Å²) in [5, 5.41) is 18.4. The van der Waals surface area contributed by atoms with Gasteiger partial charge in [0, 0.05) is 18.3 Å². The van der Waals surface area contributed by atoms with Gasteiger partial charge in [-0.25, -0.2) is 9.78 Å². The van der Waals surface area contributed by atoms with Crippen LogP contribution in [-0.4, -0.2) is 36.6 Å². The van der Waals surface area contributed by atoms with Gasteiger partial charge in [-0.1, -0.05) is 12.1 Å². The molecule has 0 radical (unpaired) electrons. The standard InChI is InChI=1S/C18H13N7O5/c19-11-12(14(27)13(11)26)22-9-3-1-2-8(6-9)7-20-17(28)15-23-10-4-5-21-25(10)16(24-15)18(29)30/h1-6,22H,7,19H2,(H,20,28)(H,29,30). The summed E-state index contributed by atoms with van der Waals surface area (Å²) in [7, 11) is 0. The Hall–Kier alpha value is -4.61. The molecule has 0 aliphatic rings. The molecule has 150 valence electrons. The molecule has 0 aliphatic carbocycles. The number of anilines is 3. The van der Waals surface area contributed by atoms with E-state index in [1.165, 1.54) is 12.3 Å². The summed E-state index contributed by atoms with van der Waals surface area (Å²) in [6.45, 7) is 0.0754. The number of aromatic nitrogens is 4. The topological polar surface area (TPSA) is 182 Å². The second kappa shape index (κ2) is 7.09. The van der Waals surface area contributed by atoms with Gasteiger partial charge in [0.05, 0.1) is 6.20 Å². The van der Waals surface area contributed by atoms with Crippen LogP contribution in [0.2, 0.25) is 0 Å². The van der Waals surface area contributed by atoms with Crippen LogP contribution in [0.5, 0.6) is 0 Å². The first-order valence-corrected chi connectivity index (χ1v) is 8.53. The van der Waals surface area contributed by atoms with Crippen molar-refractivity contribution in [1.82, 2.24) is 24.9 Å². The highest BCUT2D eigenvalue weighted by atomic mass is 16.4. The molecule has 0 aliphatic heterocycles. The molecule has 1 amide bonds. The number of nitrogen functional groups attached to an aromatic ring is 1. The van der Waals surface area contributed by atoms with E-state index in [1.807, 2.05) is 0 Å². The van der Waals surface area contributed by atoms with Gasteiger partial charge in [-0.05, 0) is 17.7 Å². The Balaban J connectivity index is 1.49. The number of nitrogens with zero attached hydrogens (tertiary/aromatic N) is 4. The smallest absolute Gasteiger partial charge is 0.374 e. The van der Waals surface area contributed by atoms with Crippen LogP contribution in [0.3, 0.4) is 0 Å². The van der Waals surface area contributed by atoms with Gasteiger partial charge in [0.2, 0.25) is 11.6 Å². The third-order valence-electron chi connectivity index (χ3n) is 4.25. The number of carboxylic acids is 1. The van der Waals surface area contributed by atoms with Crippen molar-refractivity contribution in [2.75, 3.05) is 11.1 Å². The van der Waals surface area contributed by atoms with Gasteiger partial charge in [0.15, 0.2) is 5.65 Å².